The zero-order valence-corrected chi connectivity index (χ0v) is 16.3. The van der Waals surface area contributed by atoms with Crippen LogP contribution < -0.4 is 0 Å². The van der Waals surface area contributed by atoms with Crippen molar-refractivity contribution in [1.29, 1.82) is 0 Å². The molecule has 0 unspecified atom stereocenters. The lowest BCUT2D eigenvalue weighted by Gasteiger charge is -2.33. The van der Waals surface area contributed by atoms with Crippen molar-refractivity contribution in [2.75, 3.05) is 32.8 Å². The first kappa shape index (κ1) is 19.1. The second-order valence-electron chi connectivity index (χ2n) is 8.18. The van der Waals surface area contributed by atoms with E-state index >= 15 is 0 Å². The van der Waals surface area contributed by atoms with Crippen molar-refractivity contribution in [3.05, 3.63) is 71.5 Å². The zero-order chi connectivity index (χ0) is 19.6. The molecule has 28 heavy (non-hydrogen) atoms. The van der Waals surface area contributed by atoms with Gasteiger partial charge in [0.15, 0.2) is 0 Å². The first-order chi connectivity index (χ1) is 13.5. The Morgan fingerprint density at radius 2 is 1.96 bits per heavy atom. The molecule has 2 aliphatic heterocycles. The molecule has 148 valence electrons. The summed E-state index contributed by atoms with van der Waals surface area (Å²) in [6.07, 6.45) is 0.504. The lowest BCUT2D eigenvalue weighted by Crippen LogP contribution is -2.40. The van der Waals surface area contributed by atoms with Gasteiger partial charge in [0.25, 0.3) is 0 Å². The minimum Gasteiger partial charge on any atom is -0.379 e. The van der Waals surface area contributed by atoms with Crippen LogP contribution in [0.25, 0.3) is 0 Å². The van der Waals surface area contributed by atoms with Crippen LogP contribution in [0.4, 0.5) is 4.39 Å². The molecule has 4 nitrogen and oxygen atoms in total. The van der Waals surface area contributed by atoms with Crippen molar-refractivity contribution < 1.29 is 13.9 Å². The molecule has 1 spiro atoms. The largest absolute Gasteiger partial charge is 0.379 e. The molecule has 0 N–H and O–H groups in total. The van der Waals surface area contributed by atoms with E-state index < -0.39 is 0 Å². The van der Waals surface area contributed by atoms with Crippen LogP contribution in [0.1, 0.15) is 30.5 Å². The predicted molar refractivity (Wildman–Crippen MR) is 106 cm³/mol. The highest BCUT2D eigenvalue weighted by molar-refractivity contribution is 5.80. The summed E-state index contributed by atoms with van der Waals surface area (Å²) in [6, 6.07) is 17.0. The topological polar surface area (TPSA) is 32.8 Å². The lowest BCUT2D eigenvalue weighted by atomic mass is 9.87. The number of hydrogen-bond donors (Lipinski definition) is 0. The van der Waals surface area contributed by atoms with Crippen molar-refractivity contribution in [2.24, 2.45) is 5.41 Å². The number of ether oxygens (including phenoxy) is 1. The molecule has 2 aliphatic rings. The standard InChI is InChI=1S/C23H27FN2O2/c1-18(20-7-3-2-4-8-20)26-16-23(13-22(26)27)15-25(10-11-28-17-23)14-19-6-5-9-21(24)12-19/h2-9,12,18H,10-11,13-17H2,1H3/t18-,23-/m1/s1. The number of amides is 1. The smallest absolute Gasteiger partial charge is 0.223 e. The normalized spacial score (nSPS) is 24.5. The highest BCUT2D eigenvalue weighted by atomic mass is 19.1. The number of benzene rings is 2. The van der Waals surface area contributed by atoms with Gasteiger partial charge < -0.3 is 9.64 Å². The number of hydrogen-bond acceptors (Lipinski definition) is 3. The van der Waals surface area contributed by atoms with Crippen LogP contribution in [0.3, 0.4) is 0 Å². The molecule has 2 aromatic carbocycles. The van der Waals surface area contributed by atoms with Gasteiger partial charge in [-0.05, 0) is 30.2 Å². The maximum atomic E-state index is 13.6. The van der Waals surface area contributed by atoms with Crippen LogP contribution in [-0.4, -0.2) is 48.6 Å². The van der Waals surface area contributed by atoms with Crippen molar-refractivity contribution in [3.63, 3.8) is 0 Å². The van der Waals surface area contributed by atoms with Crippen molar-refractivity contribution in [2.45, 2.75) is 25.9 Å². The molecule has 0 aliphatic carbocycles. The van der Waals surface area contributed by atoms with E-state index in [0.717, 1.165) is 24.2 Å². The average molecular weight is 382 g/mol. The van der Waals surface area contributed by atoms with Crippen LogP contribution in [0.15, 0.2) is 54.6 Å². The van der Waals surface area contributed by atoms with Crippen LogP contribution in [0.5, 0.6) is 0 Å². The Morgan fingerprint density at radius 1 is 1.14 bits per heavy atom. The molecule has 2 aromatic rings. The van der Waals surface area contributed by atoms with Crippen LogP contribution in [-0.2, 0) is 16.1 Å². The highest BCUT2D eigenvalue weighted by Gasteiger charge is 2.46. The number of rotatable bonds is 4. The molecule has 2 heterocycles. The van der Waals surface area contributed by atoms with Gasteiger partial charge in [-0.2, -0.15) is 0 Å². The van der Waals surface area contributed by atoms with Gasteiger partial charge in [-0.25, -0.2) is 4.39 Å². The van der Waals surface area contributed by atoms with Crippen LogP contribution in [0, 0.1) is 11.2 Å². The van der Waals surface area contributed by atoms with Gasteiger partial charge in [0.2, 0.25) is 5.91 Å². The summed E-state index contributed by atoms with van der Waals surface area (Å²) in [5.74, 6) is -0.0234. The summed E-state index contributed by atoms with van der Waals surface area (Å²) >= 11 is 0. The second-order valence-corrected chi connectivity index (χ2v) is 8.18. The first-order valence-corrected chi connectivity index (χ1v) is 9.94. The minimum atomic E-state index is -0.211. The fourth-order valence-electron chi connectivity index (χ4n) is 4.50. The van der Waals surface area contributed by atoms with E-state index in [1.807, 2.05) is 29.2 Å². The Kier molecular flexibility index (Phi) is 5.47. The summed E-state index contributed by atoms with van der Waals surface area (Å²) in [4.78, 5) is 17.2. The van der Waals surface area contributed by atoms with Crippen LogP contribution >= 0.6 is 0 Å². The molecule has 0 aromatic heterocycles. The summed E-state index contributed by atoms with van der Waals surface area (Å²) in [7, 11) is 0. The Morgan fingerprint density at radius 3 is 2.75 bits per heavy atom. The monoisotopic (exact) mass is 382 g/mol. The van der Waals surface area contributed by atoms with Gasteiger partial charge in [-0.1, -0.05) is 42.5 Å². The van der Waals surface area contributed by atoms with Crippen molar-refractivity contribution >= 4 is 5.91 Å². The second kappa shape index (κ2) is 8.02. The average Bonchev–Trinajstić information content (AvgIpc) is 2.88. The van der Waals surface area contributed by atoms with Gasteiger partial charge in [0, 0.05) is 38.0 Å². The van der Waals surface area contributed by atoms with E-state index in [-0.39, 0.29) is 23.2 Å². The van der Waals surface area contributed by atoms with Crippen LogP contribution in [0.2, 0.25) is 0 Å². The van der Waals surface area contributed by atoms with Crippen molar-refractivity contribution in [1.82, 2.24) is 9.80 Å². The Bertz CT molecular complexity index is 828. The van der Waals surface area contributed by atoms with Gasteiger partial charge in [0.1, 0.15) is 5.82 Å². The summed E-state index contributed by atoms with van der Waals surface area (Å²) in [6.45, 7) is 6.27. The van der Waals surface area contributed by atoms with E-state index in [1.54, 1.807) is 12.1 Å². The molecule has 1 amide bonds. The van der Waals surface area contributed by atoms with E-state index in [1.165, 1.54) is 6.07 Å². The summed E-state index contributed by atoms with van der Waals surface area (Å²) in [5.41, 5.74) is 1.90. The quantitative estimate of drug-likeness (QED) is 0.809. The number of carbonyl (C=O) groups is 1. The Balaban J connectivity index is 1.49. The molecule has 5 heteroatoms. The molecule has 0 saturated carbocycles. The molecule has 2 saturated heterocycles. The summed E-state index contributed by atoms with van der Waals surface area (Å²) in [5, 5.41) is 0. The fourth-order valence-corrected chi connectivity index (χ4v) is 4.50. The first-order valence-electron chi connectivity index (χ1n) is 9.94. The highest BCUT2D eigenvalue weighted by Crippen LogP contribution is 2.38. The number of carbonyl (C=O) groups excluding carboxylic acids is 1. The molecule has 2 fully saturated rings. The SMILES string of the molecule is C[C@H](c1ccccc1)N1C[C@@]2(COCCN(Cc3cccc(F)c3)C2)CC1=O. The molecular formula is C23H27FN2O2. The third kappa shape index (κ3) is 4.10. The maximum Gasteiger partial charge on any atom is 0.223 e. The molecule has 4 rings (SSSR count). The number of nitrogens with zero attached hydrogens (tertiary/aromatic N) is 2. The molecule has 0 bridgehead atoms. The van der Waals surface area contributed by atoms with E-state index in [2.05, 4.69) is 24.0 Å². The van der Waals surface area contributed by atoms with E-state index in [4.69, 9.17) is 4.74 Å². The van der Waals surface area contributed by atoms with E-state index in [0.29, 0.717) is 32.7 Å². The molecular weight excluding hydrogens is 355 g/mol. The van der Waals surface area contributed by atoms with Gasteiger partial charge in [-0.3, -0.25) is 9.69 Å². The minimum absolute atomic E-state index is 0.0491. The summed E-state index contributed by atoms with van der Waals surface area (Å²) < 4.78 is 19.5. The van der Waals surface area contributed by atoms with Crippen molar-refractivity contribution in [3.8, 4) is 0 Å². The van der Waals surface area contributed by atoms with Gasteiger partial charge in [0.05, 0.1) is 19.3 Å². The molecule has 0 radical (unpaired) electrons. The van der Waals surface area contributed by atoms with E-state index in [9.17, 15) is 9.18 Å². The fraction of sp³-hybridized carbons (Fsp3) is 0.435. The third-order valence-corrected chi connectivity index (χ3v) is 5.92. The number of halogens is 1. The van der Waals surface area contributed by atoms with Gasteiger partial charge in [-0.15, -0.1) is 0 Å². The molecule has 2 atom stereocenters. The van der Waals surface area contributed by atoms with Gasteiger partial charge >= 0.3 is 0 Å². The maximum absolute atomic E-state index is 13.6. The third-order valence-electron chi connectivity index (χ3n) is 5.92. The zero-order valence-electron chi connectivity index (χ0n) is 16.3. The Hall–Kier alpha value is -2.24. The number of likely N-dealkylation sites (tertiary alicyclic amines) is 1. The predicted octanol–water partition coefficient (Wildman–Crippen LogP) is 3.64. The lowest BCUT2D eigenvalue weighted by molar-refractivity contribution is -0.129. The Labute approximate surface area is 165 Å².